The predicted octanol–water partition coefficient (Wildman–Crippen LogP) is 2.83. The van der Waals surface area contributed by atoms with Gasteiger partial charge in [0.25, 0.3) is 0 Å². The first-order valence-electron chi connectivity index (χ1n) is 4.75. The third kappa shape index (κ3) is 9.34. The number of hydrogen-bond acceptors (Lipinski definition) is 2. The van der Waals surface area contributed by atoms with E-state index in [1.165, 1.54) is 18.5 Å². The van der Waals surface area contributed by atoms with Gasteiger partial charge >= 0.3 is 5.97 Å². The fraction of sp³-hybridized carbons (Fsp3) is 0.700. The molecule has 76 valence electrons. The molecular weight excluding hydrogens is 180 g/mol. The molecule has 0 aromatic rings. The van der Waals surface area contributed by atoms with Gasteiger partial charge in [-0.25, -0.2) is 4.79 Å². The van der Waals surface area contributed by atoms with Gasteiger partial charge in [0.05, 0.1) is 6.61 Å². The summed E-state index contributed by atoms with van der Waals surface area (Å²) in [5.41, 5.74) is 0. The number of ether oxygens (including phenoxy) is 1. The molecule has 0 spiro atoms. The molecule has 0 unspecified atom stereocenters. The second-order valence-corrected chi connectivity index (χ2v) is 10.0. The van der Waals surface area contributed by atoms with Crippen molar-refractivity contribution in [1.29, 1.82) is 0 Å². The Morgan fingerprint density at radius 3 is 2.46 bits per heavy atom. The highest BCUT2D eigenvalue weighted by molar-refractivity contribution is 6.76. The van der Waals surface area contributed by atoms with Crippen molar-refractivity contribution in [2.24, 2.45) is 0 Å². The Labute approximate surface area is 82.0 Å². The van der Waals surface area contributed by atoms with Crippen molar-refractivity contribution >= 4 is 14.0 Å². The number of esters is 1. The summed E-state index contributed by atoms with van der Waals surface area (Å²) in [5, 5.41) is 0. The molecule has 2 nitrogen and oxygen atoms in total. The monoisotopic (exact) mass is 200 g/mol. The second kappa shape index (κ2) is 5.97. The normalized spacial score (nSPS) is 11.0. The van der Waals surface area contributed by atoms with E-state index in [-0.39, 0.29) is 5.97 Å². The van der Waals surface area contributed by atoms with E-state index in [4.69, 9.17) is 4.74 Å². The Morgan fingerprint density at radius 2 is 2.00 bits per heavy atom. The first-order chi connectivity index (χ1) is 5.95. The van der Waals surface area contributed by atoms with E-state index >= 15 is 0 Å². The van der Waals surface area contributed by atoms with Crippen LogP contribution in [0, 0.1) is 0 Å². The molecule has 0 atom stereocenters. The van der Waals surface area contributed by atoms with E-state index in [9.17, 15) is 4.79 Å². The van der Waals surface area contributed by atoms with Crippen LogP contribution in [0.5, 0.6) is 0 Å². The fourth-order valence-corrected chi connectivity index (χ4v) is 2.30. The lowest BCUT2D eigenvalue weighted by Crippen LogP contribution is -2.18. The Morgan fingerprint density at radius 1 is 1.38 bits per heavy atom. The molecule has 0 fully saturated rings. The molecule has 13 heavy (non-hydrogen) atoms. The third-order valence-electron chi connectivity index (χ3n) is 1.73. The van der Waals surface area contributed by atoms with Gasteiger partial charge in [0.15, 0.2) is 0 Å². The summed E-state index contributed by atoms with van der Waals surface area (Å²) < 4.78 is 4.86. The van der Waals surface area contributed by atoms with Gasteiger partial charge in [-0.3, -0.25) is 0 Å². The highest BCUT2D eigenvalue weighted by Gasteiger charge is 2.11. The van der Waals surface area contributed by atoms with Crippen LogP contribution in [0.3, 0.4) is 0 Å². The van der Waals surface area contributed by atoms with Crippen LogP contribution < -0.4 is 0 Å². The third-order valence-corrected chi connectivity index (χ3v) is 3.59. The first-order valence-corrected chi connectivity index (χ1v) is 8.45. The minimum atomic E-state index is -0.903. The van der Waals surface area contributed by atoms with Gasteiger partial charge in [0, 0.05) is 14.1 Å². The van der Waals surface area contributed by atoms with Crippen LogP contribution >= 0.6 is 0 Å². The zero-order valence-electron chi connectivity index (χ0n) is 8.93. The van der Waals surface area contributed by atoms with Gasteiger partial charge in [-0.05, 0) is 6.42 Å². The van der Waals surface area contributed by atoms with Crippen LogP contribution in [0.4, 0.5) is 0 Å². The summed E-state index contributed by atoms with van der Waals surface area (Å²) in [7, 11) is -0.903. The van der Waals surface area contributed by atoms with Crippen LogP contribution in [-0.2, 0) is 9.53 Å². The Bertz CT molecular complexity index is 170. The van der Waals surface area contributed by atoms with Gasteiger partial charge in [0.1, 0.15) is 0 Å². The summed E-state index contributed by atoms with van der Waals surface area (Å²) >= 11 is 0. The van der Waals surface area contributed by atoms with Gasteiger partial charge in [-0.1, -0.05) is 38.7 Å². The molecule has 0 rings (SSSR count). The molecule has 0 aromatic heterocycles. The molecule has 0 aliphatic carbocycles. The zero-order valence-corrected chi connectivity index (χ0v) is 9.93. The van der Waals surface area contributed by atoms with Crippen molar-refractivity contribution in [1.82, 2.24) is 0 Å². The topological polar surface area (TPSA) is 26.3 Å². The molecule has 0 aliphatic heterocycles. The van der Waals surface area contributed by atoms with Gasteiger partial charge in [-0.2, -0.15) is 0 Å². The smallest absolute Gasteiger partial charge is 0.330 e. The van der Waals surface area contributed by atoms with E-state index in [2.05, 4.69) is 26.2 Å². The van der Waals surface area contributed by atoms with Crippen LogP contribution in [-0.4, -0.2) is 20.7 Å². The quantitative estimate of drug-likeness (QED) is 0.285. The second-order valence-electron chi connectivity index (χ2n) is 4.39. The molecule has 0 N–H and O–H groups in total. The van der Waals surface area contributed by atoms with Gasteiger partial charge in [0.2, 0.25) is 0 Å². The van der Waals surface area contributed by atoms with Crippen molar-refractivity contribution in [3.05, 3.63) is 12.7 Å². The van der Waals surface area contributed by atoms with E-state index < -0.39 is 8.07 Å². The summed E-state index contributed by atoms with van der Waals surface area (Å²) in [4.78, 5) is 10.6. The van der Waals surface area contributed by atoms with E-state index in [1.54, 1.807) is 0 Å². The van der Waals surface area contributed by atoms with Gasteiger partial charge < -0.3 is 4.74 Å². The number of rotatable bonds is 6. The van der Waals surface area contributed by atoms with Gasteiger partial charge in [-0.15, -0.1) is 0 Å². The van der Waals surface area contributed by atoms with Crippen LogP contribution in [0.25, 0.3) is 0 Å². The maximum Gasteiger partial charge on any atom is 0.330 e. The first kappa shape index (κ1) is 12.4. The summed E-state index contributed by atoms with van der Waals surface area (Å²) in [6.45, 7) is 10.9. The number of carbonyl (C=O) groups is 1. The van der Waals surface area contributed by atoms with Crippen molar-refractivity contribution in [2.45, 2.75) is 38.5 Å². The molecule has 0 amide bonds. The largest absolute Gasteiger partial charge is 0.463 e. The Balaban J connectivity index is 3.27. The number of carbonyl (C=O) groups excluding carboxylic acids is 1. The van der Waals surface area contributed by atoms with E-state index in [0.717, 1.165) is 6.42 Å². The lowest BCUT2D eigenvalue weighted by Gasteiger charge is -2.14. The maximum atomic E-state index is 10.6. The molecule has 0 aromatic carbocycles. The SMILES string of the molecule is C=CC(=O)OCCCC[Si](C)(C)C. The lowest BCUT2D eigenvalue weighted by molar-refractivity contribution is -0.137. The minimum Gasteiger partial charge on any atom is -0.463 e. The molecular formula is C10H20O2Si. The van der Waals surface area contributed by atoms with Crippen molar-refractivity contribution < 1.29 is 9.53 Å². The van der Waals surface area contributed by atoms with Crippen molar-refractivity contribution in [3.8, 4) is 0 Å². The molecule has 3 heteroatoms. The van der Waals surface area contributed by atoms with Crippen LogP contribution in [0.2, 0.25) is 25.7 Å². The lowest BCUT2D eigenvalue weighted by atomic mass is 10.4. The summed E-state index contributed by atoms with van der Waals surface area (Å²) in [6.07, 6.45) is 3.35. The summed E-state index contributed by atoms with van der Waals surface area (Å²) in [5.74, 6) is -0.312. The molecule has 0 radical (unpaired) electrons. The standard InChI is InChI=1S/C10H20O2Si/c1-5-10(11)12-8-6-7-9-13(2,3)4/h5H,1,6-9H2,2-4H3. The average molecular weight is 200 g/mol. The van der Waals surface area contributed by atoms with E-state index in [1.807, 2.05) is 0 Å². The maximum absolute atomic E-state index is 10.6. The number of unbranched alkanes of at least 4 members (excludes halogenated alkanes) is 1. The molecule has 0 saturated carbocycles. The van der Waals surface area contributed by atoms with E-state index in [0.29, 0.717) is 6.61 Å². The van der Waals surface area contributed by atoms with Crippen molar-refractivity contribution in [3.63, 3.8) is 0 Å². The highest BCUT2D eigenvalue weighted by Crippen LogP contribution is 2.12. The Kier molecular flexibility index (Phi) is 5.71. The average Bonchev–Trinajstić information content (AvgIpc) is 2.01. The zero-order chi connectivity index (χ0) is 10.3. The molecule has 0 heterocycles. The molecule has 0 saturated heterocycles. The number of hydrogen-bond donors (Lipinski definition) is 0. The van der Waals surface area contributed by atoms with Crippen LogP contribution in [0.15, 0.2) is 12.7 Å². The van der Waals surface area contributed by atoms with Crippen molar-refractivity contribution in [2.75, 3.05) is 6.61 Å². The Hall–Kier alpha value is -0.573. The molecule has 0 aliphatic rings. The molecule has 0 bridgehead atoms. The predicted molar refractivity (Wildman–Crippen MR) is 58.5 cm³/mol. The highest BCUT2D eigenvalue weighted by atomic mass is 28.3. The van der Waals surface area contributed by atoms with Crippen LogP contribution in [0.1, 0.15) is 12.8 Å². The fourth-order valence-electron chi connectivity index (χ4n) is 0.989. The summed E-state index contributed by atoms with van der Waals surface area (Å²) in [6, 6.07) is 1.30. The minimum absolute atomic E-state index is 0.312.